The molecule has 0 spiro atoms. The van der Waals surface area contributed by atoms with E-state index in [2.05, 4.69) is 10.3 Å². The molecule has 21 heavy (non-hydrogen) atoms. The van der Waals surface area contributed by atoms with E-state index < -0.39 is 4.92 Å². The van der Waals surface area contributed by atoms with Crippen molar-refractivity contribution in [1.29, 1.82) is 0 Å². The molecule has 0 amide bonds. The molecule has 0 aliphatic heterocycles. The van der Waals surface area contributed by atoms with Crippen molar-refractivity contribution in [2.45, 2.75) is 19.8 Å². The molecule has 2 rings (SSSR count). The Hall–Kier alpha value is -2.77. The van der Waals surface area contributed by atoms with Gasteiger partial charge in [0.15, 0.2) is 12.0 Å². The number of nitrogens with zero attached hydrogens (tertiary/aromatic N) is 4. The lowest BCUT2D eigenvalue weighted by atomic mass is 10.1. The van der Waals surface area contributed by atoms with E-state index in [1.165, 1.54) is 23.9 Å². The number of hydrogen-bond acceptors (Lipinski definition) is 6. The molecule has 110 valence electrons. The van der Waals surface area contributed by atoms with E-state index in [9.17, 15) is 14.9 Å². The summed E-state index contributed by atoms with van der Waals surface area (Å²) in [5, 5.41) is 18.8. The molecule has 8 heteroatoms. The third-order valence-corrected chi connectivity index (χ3v) is 2.99. The van der Waals surface area contributed by atoms with Crippen LogP contribution >= 0.6 is 0 Å². The lowest BCUT2D eigenvalue weighted by Crippen LogP contribution is -2.06. The Kier molecular flexibility index (Phi) is 3.97. The van der Waals surface area contributed by atoms with Crippen molar-refractivity contribution in [2.24, 2.45) is 0 Å². The summed E-state index contributed by atoms with van der Waals surface area (Å²) >= 11 is 0. The molecule has 0 bridgehead atoms. The third kappa shape index (κ3) is 2.60. The fourth-order valence-electron chi connectivity index (χ4n) is 2.07. The predicted octanol–water partition coefficient (Wildman–Crippen LogP) is 2.12. The van der Waals surface area contributed by atoms with Gasteiger partial charge in [0.25, 0.3) is 0 Å². The second-order valence-electron chi connectivity index (χ2n) is 4.66. The van der Waals surface area contributed by atoms with Gasteiger partial charge in [0.1, 0.15) is 5.69 Å². The molecular formula is C13H14N4O4. The van der Waals surface area contributed by atoms with Crippen LogP contribution in [0.15, 0.2) is 18.2 Å². The SMILES string of the molecule is COc1ccc(-n2nnc(C=O)c2C(C)C)cc1[N+](=O)[O-]. The van der Waals surface area contributed by atoms with Crippen LogP contribution in [-0.2, 0) is 0 Å². The van der Waals surface area contributed by atoms with Gasteiger partial charge in [-0.25, -0.2) is 4.68 Å². The van der Waals surface area contributed by atoms with Gasteiger partial charge in [-0.05, 0) is 18.1 Å². The number of aromatic nitrogens is 3. The van der Waals surface area contributed by atoms with Crippen molar-refractivity contribution < 1.29 is 14.5 Å². The van der Waals surface area contributed by atoms with Gasteiger partial charge in [0.05, 0.1) is 23.4 Å². The van der Waals surface area contributed by atoms with Crippen molar-refractivity contribution in [3.8, 4) is 11.4 Å². The van der Waals surface area contributed by atoms with Gasteiger partial charge in [-0.1, -0.05) is 19.1 Å². The normalized spacial score (nSPS) is 10.7. The number of nitro groups is 1. The molecule has 2 aromatic rings. The zero-order chi connectivity index (χ0) is 15.6. The van der Waals surface area contributed by atoms with E-state index in [1.54, 1.807) is 6.07 Å². The molecule has 0 aliphatic carbocycles. The highest BCUT2D eigenvalue weighted by Gasteiger charge is 2.21. The summed E-state index contributed by atoms with van der Waals surface area (Å²) in [6.45, 7) is 3.78. The molecule has 0 fully saturated rings. The van der Waals surface area contributed by atoms with Crippen LogP contribution in [0.1, 0.15) is 35.9 Å². The van der Waals surface area contributed by atoms with Crippen LogP contribution in [0, 0.1) is 10.1 Å². The monoisotopic (exact) mass is 290 g/mol. The van der Waals surface area contributed by atoms with Gasteiger partial charge >= 0.3 is 5.69 Å². The van der Waals surface area contributed by atoms with E-state index in [1.807, 2.05) is 13.8 Å². The minimum absolute atomic E-state index is 0.0126. The Bertz CT molecular complexity index is 693. The molecular weight excluding hydrogens is 276 g/mol. The number of ether oxygens (including phenoxy) is 1. The lowest BCUT2D eigenvalue weighted by molar-refractivity contribution is -0.385. The van der Waals surface area contributed by atoms with Gasteiger partial charge in [-0.2, -0.15) is 0 Å². The number of carbonyl (C=O) groups excluding carboxylic acids is 1. The quantitative estimate of drug-likeness (QED) is 0.475. The Balaban J connectivity index is 2.62. The zero-order valence-electron chi connectivity index (χ0n) is 11.8. The minimum Gasteiger partial charge on any atom is -0.490 e. The second-order valence-corrected chi connectivity index (χ2v) is 4.66. The van der Waals surface area contributed by atoms with E-state index in [0.717, 1.165) is 0 Å². The van der Waals surface area contributed by atoms with Crippen molar-refractivity contribution in [3.05, 3.63) is 39.7 Å². The lowest BCUT2D eigenvalue weighted by Gasteiger charge is -2.10. The van der Waals surface area contributed by atoms with Crippen LogP contribution in [0.3, 0.4) is 0 Å². The van der Waals surface area contributed by atoms with Crippen molar-refractivity contribution in [3.63, 3.8) is 0 Å². The van der Waals surface area contributed by atoms with E-state index in [0.29, 0.717) is 17.7 Å². The summed E-state index contributed by atoms with van der Waals surface area (Å²) in [5.41, 5.74) is 1.10. The third-order valence-electron chi connectivity index (χ3n) is 2.99. The summed E-state index contributed by atoms with van der Waals surface area (Å²) in [6.07, 6.45) is 0.622. The number of carbonyl (C=O) groups is 1. The number of rotatable bonds is 5. The zero-order valence-corrected chi connectivity index (χ0v) is 11.8. The molecule has 8 nitrogen and oxygen atoms in total. The van der Waals surface area contributed by atoms with E-state index in [4.69, 9.17) is 4.74 Å². The summed E-state index contributed by atoms with van der Waals surface area (Å²) in [7, 11) is 1.36. The van der Waals surface area contributed by atoms with Crippen molar-refractivity contribution in [1.82, 2.24) is 15.0 Å². The molecule has 0 unspecified atom stereocenters. The number of methoxy groups -OCH3 is 1. The number of hydrogen-bond donors (Lipinski definition) is 0. The first-order chi connectivity index (χ1) is 9.99. The maximum Gasteiger partial charge on any atom is 0.313 e. The van der Waals surface area contributed by atoms with Gasteiger partial charge in [0, 0.05) is 6.07 Å². The van der Waals surface area contributed by atoms with Gasteiger partial charge in [0.2, 0.25) is 0 Å². The highest BCUT2D eigenvalue weighted by Crippen LogP contribution is 2.30. The molecule has 0 saturated carbocycles. The van der Waals surface area contributed by atoms with Crippen LogP contribution < -0.4 is 4.74 Å². The first kappa shape index (κ1) is 14.6. The number of aldehydes is 1. The Morgan fingerprint density at radius 2 is 2.14 bits per heavy atom. The summed E-state index contributed by atoms with van der Waals surface area (Å²) in [6, 6.07) is 4.45. The Morgan fingerprint density at radius 3 is 2.67 bits per heavy atom. The van der Waals surface area contributed by atoms with E-state index in [-0.39, 0.29) is 23.0 Å². The molecule has 1 heterocycles. The fraction of sp³-hybridized carbons (Fsp3) is 0.308. The molecule has 0 atom stereocenters. The average molecular weight is 290 g/mol. The molecule has 0 saturated heterocycles. The maximum atomic E-state index is 11.1. The van der Waals surface area contributed by atoms with Crippen LogP contribution in [0.5, 0.6) is 5.75 Å². The highest BCUT2D eigenvalue weighted by molar-refractivity contribution is 5.74. The van der Waals surface area contributed by atoms with Crippen LogP contribution in [-0.4, -0.2) is 33.3 Å². The molecule has 0 aliphatic rings. The largest absolute Gasteiger partial charge is 0.490 e. The standard InChI is InChI=1S/C13H14N4O4/c1-8(2)13-10(7-18)14-15-16(13)9-4-5-12(21-3)11(6-9)17(19)20/h4-8H,1-3H3. The smallest absolute Gasteiger partial charge is 0.313 e. The van der Waals surface area contributed by atoms with Crippen LogP contribution in [0.2, 0.25) is 0 Å². The minimum atomic E-state index is -0.533. The molecule has 0 radical (unpaired) electrons. The van der Waals surface area contributed by atoms with Gasteiger partial charge in [-0.3, -0.25) is 14.9 Å². The second kappa shape index (κ2) is 5.70. The Labute approximate surface area is 120 Å². The average Bonchev–Trinajstić information content (AvgIpc) is 2.90. The summed E-state index contributed by atoms with van der Waals surface area (Å²) in [5.74, 6) is 0.145. The maximum absolute atomic E-state index is 11.1. The van der Waals surface area contributed by atoms with Crippen LogP contribution in [0.4, 0.5) is 5.69 Å². The van der Waals surface area contributed by atoms with Crippen LogP contribution in [0.25, 0.3) is 5.69 Å². The van der Waals surface area contributed by atoms with Crippen molar-refractivity contribution >= 4 is 12.0 Å². The van der Waals surface area contributed by atoms with Gasteiger partial charge in [-0.15, -0.1) is 5.10 Å². The molecule has 0 N–H and O–H groups in total. The number of nitro benzene ring substituents is 1. The van der Waals surface area contributed by atoms with E-state index >= 15 is 0 Å². The summed E-state index contributed by atoms with van der Waals surface area (Å²) < 4.78 is 6.39. The predicted molar refractivity (Wildman–Crippen MR) is 74.0 cm³/mol. The Morgan fingerprint density at radius 1 is 1.43 bits per heavy atom. The van der Waals surface area contributed by atoms with Gasteiger partial charge < -0.3 is 4.74 Å². The first-order valence-electron chi connectivity index (χ1n) is 6.23. The summed E-state index contributed by atoms with van der Waals surface area (Å²) in [4.78, 5) is 21.5. The molecule has 1 aromatic carbocycles. The molecule has 1 aromatic heterocycles. The highest BCUT2D eigenvalue weighted by atomic mass is 16.6. The topological polar surface area (TPSA) is 100 Å². The fourth-order valence-corrected chi connectivity index (χ4v) is 2.07. The number of benzene rings is 1. The van der Waals surface area contributed by atoms with Crippen molar-refractivity contribution in [2.75, 3.05) is 7.11 Å². The first-order valence-corrected chi connectivity index (χ1v) is 6.23.